The van der Waals surface area contributed by atoms with E-state index in [1.54, 1.807) is 0 Å². The van der Waals surface area contributed by atoms with Crippen LogP contribution in [-0.4, -0.2) is 42.0 Å². The third-order valence-corrected chi connectivity index (χ3v) is 2.76. The molecule has 1 N–H and O–H groups in total. The Balaban J connectivity index is 2.27. The maximum atomic E-state index is 5.13. The van der Waals surface area contributed by atoms with Crippen LogP contribution >= 0.6 is 12.2 Å². The minimum Gasteiger partial charge on any atom is -0.308 e. The second kappa shape index (κ2) is 4.30. The van der Waals surface area contributed by atoms with E-state index in [9.17, 15) is 0 Å². The molecule has 0 aliphatic carbocycles. The first kappa shape index (κ1) is 10.1. The van der Waals surface area contributed by atoms with Crippen LogP contribution in [-0.2, 0) is 0 Å². The first-order valence-electron chi connectivity index (χ1n) is 4.55. The van der Waals surface area contributed by atoms with Crippen LogP contribution in [0.15, 0.2) is 0 Å². The predicted octanol–water partition coefficient (Wildman–Crippen LogP) is 1.06. The highest BCUT2D eigenvalue weighted by molar-refractivity contribution is 7.80. The monoisotopic (exact) mass is 186 g/mol. The molecule has 0 bridgehead atoms. The van der Waals surface area contributed by atoms with Crippen molar-refractivity contribution in [2.75, 3.05) is 20.1 Å². The molecule has 1 aliphatic rings. The van der Waals surface area contributed by atoms with Crippen LogP contribution in [0.1, 0.15) is 20.3 Å². The zero-order valence-electron chi connectivity index (χ0n) is 8.13. The molecule has 3 heteroatoms. The lowest BCUT2D eigenvalue weighted by Crippen LogP contribution is -2.38. The van der Waals surface area contributed by atoms with Crippen LogP contribution in [0.2, 0.25) is 0 Å². The van der Waals surface area contributed by atoms with E-state index in [4.69, 9.17) is 12.2 Å². The van der Waals surface area contributed by atoms with Crippen molar-refractivity contribution in [2.24, 2.45) is 0 Å². The average Bonchev–Trinajstić information content (AvgIpc) is 2.35. The fourth-order valence-corrected chi connectivity index (χ4v) is 1.65. The van der Waals surface area contributed by atoms with Crippen molar-refractivity contribution >= 4 is 17.1 Å². The van der Waals surface area contributed by atoms with E-state index < -0.39 is 0 Å². The first-order chi connectivity index (χ1) is 5.59. The minimum absolute atomic E-state index is 0.588. The smallest absolute Gasteiger partial charge is 0.0273 e. The maximum Gasteiger partial charge on any atom is 0.0273 e. The normalized spacial score (nSPS) is 24.4. The highest BCUT2D eigenvalue weighted by Crippen LogP contribution is 2.06. The summed E-state index contributed by atoms with van der Waals surface area (Å²) < 4.78 is 0. The molecule has 1 atom stereocenters. The summed E-state index contributed by atoms with van der Waals surface area (Å²) in [6, 6.07) is 1.21. The van der Waals surface area contributed by atoms with Crippen LogP contribution in [0.4, 0.5) is 0 Å². The van der Waals surface area contributed by atoms with Gasteiger partial charge in [0.05, 0.1) is 0 Å². The Kier molecular flexibility index (Phi) is 3.62. The van der Waals surface area contributed by atoms with E-state index in [0.717, 1.165) is 19.5 Å². The molecule has 70 valence electrons. The minimum atomic E-state index is 0.588. The van der Waals surface area contributed by atoms with E-state index in [-0.39, 0.29) is 0 Å². The molecule has 0 aromatic rings. The van der Waals surface area contributed by atoms with Crippen molar-refractivity contribution in [3.05, 3.63) is 0 Å². The number of rotatable bonds is 3. The van der Waals surface area contributed by atoms with Crippen LogP contribution in [0.3, 0.4) is 0 Å². The second-order valence-electron chi connectivity index (χ2n) is 3.85. The first-order valence-corrected chi connectivity index (χ1v) is 4.95. The summed E-state index contributed by atoms with van der Waals surface area (Å²) in [5.41, 5.74) is 0. The molecule has 1 saturated heterocycles. The lowest BCUT2D eigenvalue weighted by molar-refractivity contribution is 0.250. The highest BCUT2D eigenvalue weighted by Gasteiger charge is 2.20. The zero-order valence-corrected chi connectivity index (χ0v) is 8.95. The molecule has 0 saturated carbocycles. The molecule has 0 aromatic heterocycles. The molecule has 0 radical (unpaired) electrons. The number of hydrogen-bond donors (Lipinski definition) is 1. The van der Waals surface area contributed by atoms with Gasteiger partial charge in [0.15, 0.2) is 0 Å². The number of likely N-dealkylation sites (N-methyl/N-ethyl adjacent to an activating group) is 1. The molecule has 0 amide bonds. The zero-order chi connectivity index (χ0) is 9.14. The van der Waals surface area contributed by atoms with Crippen LogP contribution in [0.25, 0.3) is 0 Å². The number of thiocarbonyl (C=S) groups is 1. The van der Waals surface area contributed by atoms with Crippen molar-refractivity contribution in [3.8, 4) is 0 Å². The van der Waals surface area contributed by atoms with Crippen LogP contribution < -0.4 is 5.32 Å². The molecule has 0 spiro atoms. The van der Waals surface area contributed by atoms with Crippen LogP contribution in [0.5, 0.6) is 0 Å². The molecule has 0 aromatic carbocycles. The van der Waals surface area contributed by atoms with Gasteiger partial charge in [-0.1, -0.05) is 12.2 Å². The quantitative estimate of drug-likeness (QED) is 0.664. The Morgan fingerprint density at radius 1 is 1.67 bits per heavy atom. The van der Waals surface area contributed by atoms with Crippen molar-refractivity contribution in [1.29, 1.82) is 0 Å². The van der Waals surface area contributed by atoms with Gasteiger partial charge in [-0.15, -0.1) is 0 Å². The summed E-state index contributed by atoms with van der Waals surface area (Å²) in [7, 11) is 2.16. The van der Waals surface area contributed by atoms with Gasteiger partial charge in [0.1, 0.15) is 0 Å². The molecule has 1 aliphatic heterocycles. The maximum absolute atomic E-state index is 5.13. The molecular weight excluding hydrogens is 168 g/mol. The van der Waals surface area contributed by atoms with Crippen molar-refractivity contribution < 1.29 is 0 Å². The Bertz CT molecular complexity index is 168. The van der Waals surface area contributed by atoms with Gasteiger partial charge in [-0.2, -0.15) is 0 Å². The van der Waals surface area contributed by atoms with E-state index in [0.29, 0.717) is 12.1 Å². The van der Waals surface area contributed by atoms with Gasteiger partial charge in [-0.3, -0.25) is 0 Å². The summed E-state index contributed by atoms with van der Waals surface area (Å²) in [6.45, 7) is 6.48. The molecular formula is C9H18N2S. The summed E-state index contributed by atoms with van der Waals surface area (Å²) in [4.78, 5) is 3.53. The lowest BCUT2D eigenvalue weighted by atomic mass is 10.2. The molecule has 1 fully saturated rings. The van der Waals surface area contributed by atoms with E-state index in [2.05, 4.69) is 31.1 Å². The van der Waals surface area contributed by atoms with E-state index in [1.807, 2.05) is 0 Å². The van der Waals surface area contributed by atoms with Gasteiger partial charge in [-0.25, -0.2) is 0 Å². The summed E-state index contributed by atoms with van der Waals surface area (Å²) >= 11 is 5.13. The Morgan fingerprint density at radius 2 is 2.33 bits per heavy atom. The summed E-state index contributed by atoms with van der Waals surface area (Å²) in [5, 5.41) is 3.41. The van der Waals surface area contributed by atoms with Gasteiger partial charge in [-0.05, 0) is 27.3 Å². The molecule has 2 nitrogen and oxygen atoms in total. The largest absolute Gasteiger partial charge is 0.308 e. The number of nitrogens with zero attached hydrogens (tertiary/aromatic N) is 1. The van der Waals surface area contributed by atoms with Crippen molar-refractivity contribution in [2.45, 2.75) is 32.4 Å². The van der Waals surface area contributed by atoms with Gasteiger partial charge in [0, 0.05) is 30.0 Å². The average molecular weight is 186 g/mol. The third kappa shape index (κ3) is 2.81. The molecule has 1 rings (SSSR count). The SMILES string of the molecule is CC(C)N(C)CC1CC(=S)CN1. The summed E-state index contributed by atoms with van der Waals surface area (Å²) in [5.74, 6) is 0. The molecule has 1 heterocycles. The van der Waals surface area contributed by atoms with Gasteiger partial charge < -0.3 is 10.2 Å². The Labute approximate surface area is 80.3 Å². The van der Waals surface area contributed by atoms with E-state index >= 15 is 0 Å². The predicted molar refractivity (Wildman–Crippen MR) is 56.8 cm³/mol. The fourth-order valence-electron chi connectivity index (χ4n) is 1.36. The fraction of sp³-hybridized carbons (Fsp3) is 0.889. The number of hydrogen-bond acceptors (Lipinski definition) is 3. The topological polar surface area (TPSA) is 15.3 Å². The Hall–Kier alpha value is 0.01000. The van der Waals surface area contributed by atoms with Gasteiger partial charge in [0.25, 0.3) is 0 Å². The van der Waals surface area contributed by atoms with Gasteiger partial charge in [0.2, 0.25) is 0 Å². The van der Waals surface area contributed by atoms with Gasteiger partial charge >= 0.3 is 0 Å². The van der Waals surface area contributed by atoms with Crippen molar-refractivity contribution in [3.63, 3.8) is 0 Å². The molecule has 1 unspecified atom stereocenters. The number of nitrogens with one attached hydrogen (secondary N) is 1. The summed E-state index contributed by atoms with van der Waals surface area (Å²) in [6.07, 6.45) is 1.08. The van der Waals surface area contributed by atoms with E-state index in [1.165, 1.54) is 4.86 Å². The second-order valence-corrected chi connectivity index (χ2v) is 4.43. The third-order valence-electron chi connectivity index (χ3n) is 2.45. The lowest BCUT2D eigenvalue weighted by Gasteiger charge is -2.24. The highest BCUT2D eigenvalue weighted by atomic mass is 32.1. The Morgan fingerprint density at radius 3 is 2.75 bits per heavy atom. The molecule has 12 heavy (non-hydrogen) atoms. The van der Waals surface area contributed by atoms with Crippen molar-refractivity contribution in [1.82, 2.24) is 10.2 Å². The standard InChI is InChI=1S/C9H18N2S/c1-7(2)11(3)6-8-4-9(12)5-10-8/h7-8,10H,4-6H2,1-3H3. The van der Waals surface area contributed by atoms with Crippen LogP contribution in [0, 0.1) is 0 Å².